The zero-order valence-corrected chi connectivity index (χ0v) is 19.2. The summed E-state index contributed by atoms with van der Waals surface area (Å²) in [6.07, 6.45) is 3.93. The molecule has 1 heterocycles. The first-order valence-electron chi connectivity index (χ1n) is 9.88. The highest BCUT2D eigenvalue weighted by Crippen LogP contribution is 2.27. The number of ether oxygens (including phenoxy) is 1. The Morgan fingerprint density at radius 2 is 2.07 bits per heavy atom. The van der Waals surface area contributed by atoms with Crippen molar-refractivity contribution in [2.75, 3.05) is 6.54 Å². The first-order chi connectivity index (χ1) is 13.2. The molecule has 2 aromatic rings. The van der Waals surface area contributed by atoms with Crippen molar-refractivity contribution >= 4 is 29.9 Å². The molecule has 1 aromatic carbocycles. The third-order valence-electron chi connectivity index (χ3n) is 4.67. The molecular formula is C21H31IN4O2. The second kappa shape index (κ2) is 11.3. The van der Waals surface area contributed by atoms with Crippen LogP contribution in [-0.2, 0) is 13.1 Å². The Bertz CT molecular complexity index is 756. The first-order valence-corrected chi connectivity index (χ1v) is 9.88. The van der Waals surface area contributed by atoms with E-state index in [9.17, 15) is 0 Å². The largest absolute Gasteiger partial charge is 0.490 e. The average molecular weight is 498 g/mol. The zero-order valence-electron chi connectivity index (χ0n) is 16.9. The van der Waals surface area contributed by atoms with E-state index in [0.717, 1.165) is 48.1 Å². The van der Waals surface area contributed by atoms with Crippen molar-refractivity contribution < 1.29 is 9.26 Å². The molecular weight excluding hydrogens is 467 g/mol. The number of para-hydroxylation sites is 1. The Morgan fingerprint density at radius 3 is 2.71 bits per heavy atom. The summed E-state index contributed by atoms with van der Waals surface area (Å²) in [5, 5.41) is 10.7. The molecule has 7 heteroatoms. The maximum Gasteiger partial charge on any atom is 0.191 e. The fraction of sp³-hybridized carbons (Fsp3) is 0.524. The van der Waals surface area contributed by atoms with E-state index < -0.39 is 0 Å². The number of guanidine groups is 1. The number of benzene rings is 1. The van der Waals surface area contributed by atoms with Crippen LogP contribution < -0.4 is 15.4 Å². The summed E-state index contributed by atoms with van der Waals surface area (Å²) in [7, 11) is 0. The van der Waals surface area contributed by atoms with E-state index in [1.54, 1.807) is 0 Å². The van der Waals surface area contributed by atoms with Crippen molar-refractivity contribution in [3.63, 3.8) is 0 Å². The minimum Gasteiger partial charge on any atom is -0.490 e. The van der Waals surface area contributed by atoms with Gasteiger partial charge in [-0.05, 0) is 38.2 Å². The summed E-state index contributed by atoms with van der Waals surface area (Å²) in [5.41, 5.74) is 2.07. The highest BCUT2D eigenvalue weighted by molar-refractivity contribution is 14.0. The van der Waals surface area contributed by atoms with E-state index in [4.69, 9.17) is 14.3 Å². The number of aliphatic imine (C=N–C) groups is 1. The van der Waals surface area contributed by atoms with Crippen LogP contribution in [0.25, 0.3) is 0 Å². The molecule has 1 aliphatic carbocycles. The third kappa shape index (κ3) is 6.39. The second-order valence-corrected chi connectivity index (χ2v) is 7.20. The van der Waals surface area contributed by atoms with Gasteiger partial charge in [-0.1, -0.05) is 37.2 Å². The normalized spacial score (nSPS) is 14.4. The van der Waals surface area contributed by atoms with E-state index in [0.29, 0.717) is 25.1 Å². The molecule has 3 rings (SSSR count). The summed E-state index contributed by atoms with van der Waals surface area (Å²) in [6.45, 7) is 8.15. The minimum atomic E-state index is 0. The molecule has 0 saturated heterocycles. The lowest BCUT2D eigenvalue weighted by molar-refractivity contribution is 0.119. The van der Waals surface area contributed by atoms with Crippen molar-refractivity contribution in [1.82, 2.24) is 15.8 Å². The molecule has 1 aromatic heterocycles. The Labute approximate surface area is 184 Å². The van der Waals surface area contributed by atoms with Gasteiger partial charge in [0.05, 0.1) is 24.9 Å². The van der Waals surface area contributed by atoms with Crippen LogP contribution in [0.2, 0.25) is 0 Å². The van der Waals surface area contributed by atoms with E-state index >= 15 is 0 Å². The van der Waals surface area contributed by atoms with Gasteiger partial charge in [-0.2, -0.15) is 0 Å². The molecule has 0 aliphatic heterocycles. The van der Waals surface area contributed by atoms with Crippen molar-refractivity contribution in [1.29, 1.82) is 0 Å². The van der Waals surface area contributed by atoms with Gasteiger partial charge < -0.3 is 19.9 Å². The van der Waals surface area contributed by atoms with Gasteiger partial charge in [0.25, 0.3) is 0 Å². The summed E-state index contributed by atoms with van der Waals surface area (Å²) in [4.78, 5) is 4.70. The lowest BCUT2D eigenvalue weighted by Gasteiger charge is -2.27. The summed E-state index contributed by atoms with van der Waals surface area (Å²) in [5.74, 6) is 2.85. The van der Waals surface area contributed by atoms with Crippen LogP contribution in [0, 0.1) is 0 Å². The number of halogens is 1. The quantitative estimate of drug-likeness (QED) is 0.316. The molecule has 28 heavy (non-hydrogen) atoms. The number of rotatable bonds is 8. The molecule has 0 atom stereocenters. The molecule has 0 spiro atoms. The van der Waals surface area contributed by atoms with Crippen LogP contribution >= 0.6 is 24.0 Å². The van der Waals surface area contributed by atoms with E-state index in [1.807, 2.05) is 24.3 Å². The third-order valence-corrected chi connectivity index (χ3v) is 4.67. The van der Waals surface area contributed by atoms with Gasteiger partial charge in [-0.3, -0.25) is 0 Å². The van der Waals surface area contributed by atoms with Crippen molar-refractivity contribution in [2.24, 2.45) is 4.99 Å². The highest BCUT2D eigenvalue weighted by Gasteiger charge is 2.20. The number of hydrogen-bond donors (Lipinski definition) is 2. The van der Waals surface area contributed by atoms with Gasteiger partial charge in [-0.25, -0.2) is 4.99 Å². The smallest absolute Gasteiger partial charge is 0.191 e. The Hall–Kier alpha value is -1.77. The standard InChI is InChI=1S/C21H30N4O2.HI/c1-4-22-21(24-14-18-12-19(15(2)3)25-27-18)23-13-16-8-5-6-11-20(16)26-17-9-7-10-17;/h5-6,8,11-12,15,17H,4,7,9-10,13-14H2,1-3H3,(H2,22,23,24);1H. The first kappa shape index (κ1) is 22.5. The van der Waals surface area contributed by atoms with Gasteiger partial charge in [0, 0.05) is 18.2 Å². The second-order valence-electron chi connectivity index (χ2n) is 7.20. The van der Waals surface area contributed by atoms with Crippen LogP contribution in [0.15, 0.2) is 39.8 Å². The lowest BCUT2D eigenvalue weighted by atomic mass is 9.96. The van der Waals surface area contributed by atoms with Gasteiger partial charge in [-0.15, -0.1) is 24.0 Å². The van der Waals surface area contributed by atoms with Gasteiger partial charge in [0.2, 0.25) is 0 Å². The summed E-state index contributed by atoms with van der Waals surface area (Å²) in [6, 6.07) is 10.1. The van der Waals surface area contributed by atoms with Crippen molar-refractivity contribution in [2.45, 2.75) is 65.1 Å². The monoisotopic (exact) mass is 498 g/mol. The molecule has 1 aliphatic rings. The lowest BCUT2D eigenvalue weighted by Crippen LogP contribution is -2.36. The van der Waals surface area contributed by atoms with Crippen molar-refractivity contribution in [3.8, 4) is 5.75 Å². The van der Waals surface area contributed by atoms with Gasteiger partial charge in [0.15, 0.2) is 11.7 Å². The molecule has 1 saturated carbocycles. The van der Waals surface area contributed by atoms with Crippen LogP contribution in [0.3, 0.4) is 0 Å². The fourth-order valence-electron chi connectivity index (χ4n) is 2.78. The van der Waals surface area contributed by atoms with Crippen LogP contribution in [0.4, 0.5) is 0 Å². The maximum absolute atomic E-state index is 6.09. The SMILES string of the molecule is CCNC(=NCc1ccccc1OC1CCC1)NCc1cc(C(C)C)no1.I. The zero-order chi connectivity index (χ0) is 19.1. The fourth-order valence-corrected chi connectivity index (χ4v) is 2.78. The topological polar surface area (TPSA) is 71.7 Å². The number of nitrogens with zero attached hydrogens (tertiary/aromatic N) is 2. The van der Waals surface area contributed by atoms with Crippen LogP contribution in [0.1, 0.15) is 63.0 Å². The molecule has 0 amide bonds. The van der Waals surface area contributed by atoms with Gasteiger partial charge in [0.1, 0.15) is 5.75 Å². The molecule has 0 unspecified atom stereocenters. The molecule has 1 fully saturated rings. The van der Waals surface area contributed by atoms with E-state index in [2.05, 4.69) is 42.6 Å². The average Bonchev–Trinajstić information content (AvgIpc) is 3.11. The number of nitrogens with one attached hydrogen (secondary N) is 2. The highest BCUT2D eigenvalue weighted by atomic mass is 127. The Morgan fingerprint density at radius 1 is 1.29 bits per heavy atom. The van der Waals surface area contributed by atoms with Crippen molar-refractivity contribution in [3.05, 3.63) is 47.3 Å². The van der Waals surface area contributed by atoms with E-state index in [-0.39, 0.29) is 24.0 Å². The molecule has 0 bridgehead atoms. The van der Waals surface area contributed by atoms with E-state index in [1.165, 1.54) is 6.42 Å². The summed E-state index contributed by atoms with van der Waals surface area (Å²) < 4.78 is 11.5. The van der Waals surface area contributed by atoms with Gasteiger partial charge >= 0.3 is 0 Å². The predicted molar refractivity (Wildman–Crippen MR) is 122 cm³/mol. The molecule has 2 N–H and O–H groups in total. The Balaban J connectivity index is 0.00000280. The maximum atomic E-state index is 6.09. The predicted octanol–water partition coefficient (Wildman–Crippen LogP) is 4.60. The Kier molecular flexibility index (Phi) is 9.08. The molecule has 6 nitrogen and oxygen atoms in total. The number of aromatic nitrogens is 1. The number of hydrogen-bond acceptors (Lipinski definition) is 4. The van der Waals surface area contributed by atoms with Crippen LogP contribution in [-0.4, -0.2) is 23.8 Å². The minimum absolute atomic E-state index is 0. The molecule has 0 radical (unpaired) electrons. The van der Waals surface area contributed by atoms with Crippen LogP contribution in [0.5, 0.6) is 5.75 Å². The summed E-state index contributed by atoms with van der Waals surface area (Å²) >= 11 is 0. The molecule has 154 valence electrons.